The van der Waals surface area contributed by atoms with Crippen LogP contribution in [0.2, 0.25) is 0 Å². The minimum atomic E-state index is 0.627. The molecule has 0 spiro atoms. The highest BCUT2D eigenvalue weighted by Crippen LogP contribution is 2.42. The Hall–Kier alpha value is -4.86. The molecule has 0 saturated carbocycles. The first-order valence-corrected chi connectivity index (χ1v) is 10.8. The Kier molecular flexibility index (Phi) is 3.41. The predicted molar refractivity (Wildman–Crippen MR) is 133 cm³/mol. The van der Waals surface area contributed by atoms with Crippen molar-refractivity contribution >= 4 is 48.9 Å². The summed E-state index contributed by atoms with van der Waals surface area (Å²) in [4.78, 5) is 0. The van der Waals surface area contributed by atoms with Crippen LogP contribution in [0.3, 0.4) is 0 Å². The minimum Gasteiger partial charge on any atom is -0.308 e. The Balaban J connectivity index is 1.71. The molecule has 0 N–H and O–H groups in total. The highest BCUT2D eigenvalue weighted by molar-refractivity contribution is 6.25. The fraction of sp³-hybridized carbons (Fsp3) is 0. The smallest absolute Gasteiger partial charge is 0.0992 e. The van der Waals surface area contributed by atoms with Crippen molar-refractivity contribution in [2.75, 3.05) is 0 Å². The first-order valence-electron chi connectivity index (χ1n) is 10.8. The first-order chi connectivity index (χ1) is 16.3. The van der Waals surface area contributed by atoms with Crippen molar-refractivity contribution in [3.8, 4) is 23.3 Å². The molecule has 0 aliphatic rings. The van der Waals surface area contributed by atoms with Crippen LogP contribution in [0.1, 0.15) is 11.1 Å². The summed E-state index contributed by atoms with van der Waals surface area (Å²) in [6.45, 7) is 0. The fourth-order valence-corrected chi connectivity index (χ4v) is 5.32. The summed E-state index contributed by atoms with van der Waals surface area (Å²) in [6, 6.07) is 35.7. The zero-order valence-corrected chi connectivity index (χ0v) is 17.5. The summed E-state index contributed by atoms with van der Waals surface area (Å²) in [7, 11) is 0. The van der Waals surface area contributed by atoms with Crippen molar-refractivity contribution in [2.45, 2.75) is 0 Å². The normalized spacial score (nSPS) is 11.6. The Morgan fingerprint density at radius 1 is 0.545 bits per heavy atom. The van der Waals surface area contributed by atoms with Gasteiger partial charge in [0.15, 0.2) is 0 Å². The van der Waals surface area contributed by atoms with Crippen molar-refractivity contribution < 1.29 is 0 Å². The van der Waals surface area contributed by atoms with Gasteiger partial charge in [-0.1, -0.05) is 54.6 Å². The van der Waals surface area contributed by atoms with Gasteiger partial charge in [0, 0.05) is 21.5 Å². The van der Waals surface area contributed by atoms with Gasteiger partial charge < -0.3 is 4.40 Å². The van der Waals surface area contributed by atoms with Gasteiger partial charge in [0.05, 0.1) is 39.8 Å². The van der Waals surface area contributed by atoms with Crippen molar-refractivity contribution in [3.63, 3.8) is 0 Å². The van der Waals surface area contributed by atoms with Crippen molar-refractivity contribution in [1.82, 2.24) is 4.40 Å². The van der Waals surface area contributed by atoms with E-state index < -0.39 is 0 Å². The molecule has 7 aromatic rings. The van der Waals surface area contributed by atoms with E-state index in [4.69, 9.17) is 0 Å². The highest BCUT2D eigenvalue weighted by atomic mass is 14.9. The molecule has 0 fully saturated rings. The van der Waals surface area contributed by atoms with Crippen LogP contribution in [-0.4, -0.2) is 4.40 Å². The van der Waals surface area contributed by atoms with Gasteiger partial charge in [-0.2, -0.15) is 10.5 Å². The largest absolute Gasteiger partial charge is 0.308 e. The maximum atomic E-state index is 9.52. The van der Waals surface area contributed by atoms with E-state index in [0.717, 1.165) is 43.7 Å². The standard InChI is InChI=1S/C30H15N3/c31-16-18-8-10-24-26-14-21(23-7-3-5-20-4-1-2-6-22(20)23)15-27-25-11-9-19(17-32)13-29(25)33(30(26)27)28(24)12-18/h1-15H. The lowest BCUT2D eigenvalue weighted by molar-refractivity contribution is 1.36. The second kappa shape index (κ2) is 6.33. The number of nitriles is 2. The molecule has 0 bridgehead atoms. The van der Waals surface area contributed by atoms with E-state index >= 15 is 0 Å². The summed E-state index contributed by atoms with van der Waals surface area (Å²) >= 11 is 0. The topological polar surface area (TPSA) is 52.0 Å². The Morgan fingerprint density at radius 3 is 1.79 bits per heavy atom. The lowest BCUT2D eigenvalue weighted by Crippen LogP contribution is -1.83. The van der Waals surface area contributed by atoms with Gasteiger partial charge in [-0.15, -0.1) is 0 Å². The summed E-state index contributed by atoms with van der Waals surface area (Å²) in [6.07, 6.45) is 0. The molecular weight excluding hydrogens is 402 g/mol. The van der Waals surface area contributed by atoms with Gasteiger partial charge in [-0.05, 0) is 58.3 Å². The zero-order chi connectivity index (χ0) is 22.1. The fourth-order valence-electron chi connectivity index (χ4n) is 5.32. The molecule has 2 aromatic heterocycles. The van der Waals surface area contributed by atoms with E-state index in [-0.39, 0.29) is 0 Å². The number of aromatic nitrogens is 1. The van der Waals surface area contributed by atoms with Gasteiger partial charge >= 0.3 is 0 Å². The van der Waals surface area contributed by atoms with E-state index in [2.05, 4.69) is 71.1 Å². The molecule has 7 rings (SSSR count). The number of nitrogens with zero attached hydrogens (tertiary/aromatic N) is 3. The Bertz CT molecular complexity index is 1890. The van der Waals surface area contributed by atoms with Crippen LogP contribution < -0.4 is 0 Å². The molecule has 150 valence electrons. The van der Waals surface area contributed by atoms with Crippen LogP contribution in [0.5, 0.6) is 0 Å². The SMILES string of the molecule is N#Cc1ccc2c3cc(-c4cccc5ccccc45)cc4c5ccc(C#N)cc5n(c2c1)c34. The summed E-state index contributed by atoms with van der Waals surface area (Å²) in [5.41, 5.74) is 6.74. The third-order valence-corrected chi connectivity index (χ3v) is 6.75. The molecule has 0 unspecified atom stereocenters. The van der Waals surface area contributed by atoms with Crippen LogP contribution in [0, 0.1) is 22.7 Å². The lowest BCUT2D eigenvalue weighted by Gasteiger charge is -2.08. The third-order valence-electron chi connectivity index (χ3n) is 6.75. The molecule has 3 nitrogen and oxygen atoms in total. The van der Waals surface area contributed by atoms with Crippen LogP contribution in [0.25, 0.3) is 60.0 Å². The number of fused-ring (bicyclic) bond motifs is 7. The van der Waals surface area contributed by atoms with E-state index in [1.807, 2.05) is 36.4 Å². The number of hydrogen-bond donors (Lipinski definition) is 0. The number of benzene rings is 5. The van der Waals surface area contributed by atoms with Gasteiger partial charge in [0.25, 0.3) is 0 Å². The van der Waals surface area contributed by atoms with Crippen LogP contribution in [-0.2, 0) is 0 Å². The zero-order valence-electron chi connectivity index (χ0n) is 17.5. The second-order valence-electron chi connectivity index (χ2n) is 8.47. The molecule has 0 radical (unpaired) electrons. The monoisotopic (exact) mass is 417 g/mol. The quantitative estimate of drug-likeness (QED) is 0.279. The minimum absolute atomic E-state index is 0.627. The van der Waals surface area contributed by atoms with Crippen LogP contribution >= 0.6 is 0 Å². The molecule has 0 amide bonds. The average molecular weight is 417 g/mol. The van der Waals surface area contributed by atoms with Gasteiger partial charge in [0.2, 0.25) is 0 Å². The molecule has 0 aliphatic heterocycles. The van der Waals surface area contributed by atoms with Gasteiger partial charge in [-0.25, -0.2) is 0 Å². The molecule has 33 heavy (non-hydrogen) atoms. The molecule has 0 atom stereocenters. The van der Waals surface area contributed by atoms with Crippen molar-refractivity contribution in [2.24, 2.45) is 0 Å². The molecule has 0 aliphatic carbocycles. The Labute approximate surface area is 189 Å². The average Bonchev–Trinajstić information content (AvgIpc) is 3.38. The van der Waals surface area contributed by atoms with Gasteiger partial charge in [-0.3, -0.25) is 0 Å². The maximum absolute atomic E-state index is 9.52. The van der Waals surface area contributed by atoms with Crippen LogP contribution in [0.15, 0.2) is 91.0 Å². The first kappa shape index (κ1) is 17.8. The van der Waals surface area contributed by atoms with E-state index in [1.165, 1.54) is 16.3 Å². The predicted octanol–water partition coefficient (Wildman–Crippen LogP) is 7.40. The van der Waals surface area contributed by atoms with E-state index in [1.54, 1.807) is 0 Å². The molecular formula is C30H15N3. The van der Waals surface area contributed by atoms with Crippen molar-refractivity contribution in [3.05, 3.63) is 102 Å². The highest BCUT2D eigenvalue weighted by Gasteiger charge is 2.20. The molecule has 2 heterocycles. The number of rotatable bonds is 1. The van der Waals surface area contributed by atoms with Crippen molar-refractivity contribution in [1.29, 1.82) is 10.5 Å². The van der Waals surface area contributed by atoms with Crippen LogP contribution in [0.4, 0.5) is 0 Å². The van der Waals surface area contributed by atoms with E-state index in [0.29, 0.717) is 11.1 Å². The van der Waals surface area contributed by atoms with E-state index in [9.17, 15) is 10.5 Å². The molecule has 5 aromatic carbocycles. The Morgan fingerprint density at radius 2 is 1.15 bits per heavy atom. The van der Waals surface area contributed by atoms with Gasteiger partial charge in [0.1, 0.15) is 0 Å². The molecule has 0 saturated heterocycles. The molecule has 3 heteroatoms. The second-order valence-corrected chi connectivity index (χ2v) is 8.47. The lowest BCUT2D eigenvalue weighted by atomic mass is 9.95. The summed E-state index contributed by atoms with van der Waals surface area (Å²) in [5, 5.41) is 26.0. The third kappa shape index (κ3) is 2.31. The number of hydrogen-bond acceptors (Lipinski definition) is 2. The maximum Gasteiger partial charge on any atom is 0.0992 e. The summed E-state index contributed by atoms with van der Waals surface area (Å²) in [5.74, 6) is 0. The summed E-state index contributed by atoms with van der Waals surface area (Å²) < 4.78 is 2.21.